The average molecular weight is 628 g/mol. The molecule has 2 atom stereocenters. The number of piperidine rings is 1. The molecule has 2 unspecified atom stereocenters. The monoisotopic (exact) mass is 627 g/mol. The van der Waals surface area contributed by atoms with E-state index in [1.54, 1.807) is 0 Å². The number of sulfone groups is 2. The van der Waals surface area contributed by atoms with Crippen LogP contribution < -0.4 is 0 Å². The van der Waals surface area contributed by atoms with Crippen LogP contribution in [-0.4, -0.2) is 68.8 Å². The number of halogens is 1. The number of carbonyl (C=O) groups is 1. The lowest BCUT2D eigenvalue weighted by atomic mass is 10.1. The van der Waals surface area contributed by atoms with Gasteiger partial charge in [-0.15, -0.1) is 0 Å². The lowest BCUT2D eigenvalue weighted by Crippen LogP contribution is -2.59. The zero-order valence-corrected chi connectivity index (χ0v) is 22.9. The van der Waals surface area contributed by atoms with E-state index in [-0.39, 0.29) is 0 Å². The van der Waals surface area contributed by atoms with Crippen molar-refractivity contribution >= 4 is 46.9 Å². The number of benzene rings is 3. The van der Waals surface area contributed by atoms with Crippen molar-refractivity contribution in [1.82, 2.24) is 4.31 Å². The van der Waals surface area contributed by atoms with Crippen molar-refractivity contribution < 1.29 is 44.3 Å². The topological polar surface area (TPSA) is 209 Å². The van der Waals surface area contributed by atoms with Gasteiger partial charge in [0.2, 0.25) is 10.0 Å². The fourth-order valence-electron chi connectivity index (χ4n) is 4.16. The van der Waals surface area contributed by atoms with Crippen LogP contribution in [0.1, 0.15) is 0 Å². The summed E-state index contributed by atoms with van der Waals surface area (Å²) < 4.78 is 95.1. The van der Waals surface area contributed by atoms with Gasteiger partial charge in [0.15, 0.2) is 25.5 Å². The van der Waals surface area contributed by atoms with Crippen molar-refractivity contribution in [2.75, 3.05) is 13.1 Å². The van der Waals surface area contributed by atoms with E-state index in [1.165, 1.54) is 0 Å². The number of ketones is 1. The molecule has 3 aromatic carbocycles. The van der Waals surface area contributed by atoms with E-state index < -0.39 is 101 Å². The van der Waals surface area contributed by atoms with Crippen LogP contribution >= 0.6 is 0 Å². The van der Waals surface area contributed by atoms with Crippen molar-refractivity contribution in [2.45, 2.75) is 25.2 Å². The van der Waals surface area contributed by atoms with Crippen LogP contribution in [0.2, 0.25) is 0 Å². The third-order valence-electron chi connectivity index (χ3n) is 6.29. The molecule has 0 aliphatic carbocycles. The highest BCUT2D eigenvalue weighted by Crippen LogP contribution is 2.32. The van der Waals surface area contributed by atoms with E-state index in [0.717, 1.165) is 60.7 Å². The van der Waals surface area contributed by atoms with E-state index >= 15 is 0 Å². The van der Waals surface area contributed by atoms with Crippen LogP contribution in [0, 0.1) is 26.0 Å². The lowest BCUT2D eigenvalue weighted by molar-refractivity contribution is -0.385. The number of nitrogens with zero attached hydrogens (tertiary/aromatic N) is 3. The molecule has 1 heterocycles. The van der Waals surface area contributed by atoms with Gasteiger partial charge >= 0.3 is 0 Å². The minimum atomic E-state index is -4.94. The maximum atomic E-state index is 13.6. The SMILES string of the molecule is O=C1C(S(=O)(=O)c2cccc([N+](=O)[O-])c2)CN(S(=O)(=O)c2ccc(F)cc2)CC1S(=O)(=O)c1cccc([N+](=O)[O-])c1. The highest BCUT2D eigenvalue weighted by atomic mass is 32.2. The molecule has 14 nitrogen and oxygen atoms in total. The van der Waals surface area contributed by atoms with Crippen molar-refractivity contribution in [3.8, 4) is 0 Å². The number of hydrogen-bond donors (Lipinski definition) is 0. The normalized spacial score (nSPS) is 18.6. The predicted molar refractivity (Wildman–Crippen MR) is 138 cm³/mol. The van der Waals surface area contributed by atoms with Crippen LogP contribution in [0.15, 0.2) is 87.5 Å². The molecule has 0 saturated carbocycles. The summed E-state index contributed by atoms with van der Waals surface area (Å²) in [6.07, 6.45) is 0. The Morgan fingerprint density at radius 2 is 1.10 bits per heavy atom. The summed E-state index contributed by atoms with van der Waals surface area (Å²) in [5.41, 5.74) is -1.32. The standard InChI is InChI=1S/C23H18FN3O11S3/c24-15-7-9-18(10-8-15)41(37,38)25-13-21(39(33,34)19-5-1-3-16(11-19)26(29)30)23(28)22(14-25)40(35,36)20-6-2-4-17(12-20)27(31)32/h1-12,21-22H,13-14H2. The summed E-state index contributed by atoms with van der Waals surface area (Å²) in [6.45, 7) is -2.13. The molecule has 1 aliphatic rings. The first kappa shape index (κ1) is 29.8. The minimum absolute atomic E-state index is 0.431. The fraction of sp³-hybridized carbons (Fsp3) is 0.174. The van der Waals surface area contributed by atoms with Gasteiger partial charge in [-0.3, -0.25) is 25.0 Å². The number of hydrogen-bond acceptors (Lipinski definition) is 11. The molecule has 0 radical (unpaired) electrons. The Morgan fingerprint density at radius 1 is 0.683 bits per heavy atom. The predicted octanol–water partition coefficient (Wildman–Crippen LogP) is 1.90. The summed E-state index contributed by atoms with van der Waals surface area (Å²) in [6, 6.07) is 10.4. The number of nitro groups is 2. The molecule has 0 N–H and O–H groups in total. The Hall–Kier alpha value is -4.13. The van der Waals surface area contributed by atoms with E-state index in [2.05, 4.69) is 0 Å². The Kier molecular flexibility index (Phi) is 7.78. The molecule has 3 aromatic rings. The third-order valence-corrected chi connectivity index (χ3v) is 12.2. The smallest absolute Gasteiger partial charge is 0.270 e. The largest absolute Gasteiger partial charge is 0.297 e. The van der Waals surface area contributed by atoms with Crippen molar-refractivity contribution in [3.63, 3.8) is 0 Å². The first-order valence-corrected chi connectivity index (χ1v) is 15.9. The second kappa shape index (κ2) is 10.7. The van der Waals surface area contributed by atoms with Crippen molar-refractivity contribution in [2.24, 2.45) is 0 Å². The summed E-state index contributed by atoms with van der Waals surface area (Å²) in [5, 5.41) is 17.7. The second-order valence-corrected chi connectivity index (χ2v) is 15.0. The van der Waals surface area contributed by atoms with E-state index in [4.69, 9.17) is 0 Å². The number of carbonyl (C=O) groups excluding carboxylic acids is 1. The Balaban J connectivity index is 1.88. The highest BCUT2D eigenvalue weighted by Gasteiger charge is 2.51. The van der Waals surface area contributed by atoms with Crippen molar-refractivity contribution in [1.29, 1.82) is 0 Å². The van der Waals surface area contributed by atoms with E-state index in [1.807, 2.05) is 0 Å². The van der Waals surface area contributed by atoms with E-state index in [9.17, 15) is 54.7 Å². The Bertz CT molecular complexity index is 1800. The molecule has 41 heavy (non-hydrogen) atoms. The van der Waals surface area contributed by atoms with Gasteiger partial charge in [-0.1, -0.05) is 12.1 Å². The molecule has 0 amide bonds. The molecule has 0 spiro atoms. The average Bonchev–Trinajstić information content (AvgIpc) is 2.93. The Labute approximate surface area is 232 Å². The fourth-order valence-corrected chi connectivity index (χ4v) is 9.36. The molecule has 0 aromatic heterocycles. The van der Waals surface area contributed by atoms with Crippen LogP contribution in [-0.2, 0) is 34.5 Å². The van der Waals surface area contributed by atoms with Gasteiger partial charge in [-0.25, -0.2) is 29.6 Å². The quantitative estimate of drug-likeness (QED) is 0.260. The molecule has 1 fully saturated rings. The second-order valence-electron chi connectivity index (χ2n) is 8.75. The molecule has 1 aliphatic heterocycles. The molecule has 0 bridgehead atoms. The van der Waals surface area contributed by atoms with Crippen LogP contribution in [0.4, 0.5) is 15.8 Å². The summed E-state index contributed by atoms with van der Waals surface area (Å²) >= 11 is 0. The number of nitro benzene ring substituents is 2. The Morgan fingerprint density at radius 3 is 1.49 bits per heavy atom. The van der Waals surface area contributed by atoms with Gasteiger partial charge < -0.3 is 0 Å². The molecule has 1 saturated heterocycles. The molecule has 18 heteroatoms. The van der Waals surface area contributed by atoms with Gasteiger partial charge in [0.25, 0.3) is 11.4 Å². The van der Waals surface area contributed by atoms with Gasteiger partial charge in [0, 0.05) is 37.4 Å². The zero-order chi connectivity index (χ0) is 30.3. The maximum Gasteiger partial charge on any atom is 0.270 e. The molecule has 4 rings (SSSR count). The van der Waals surface area contributed by atoms with Crippen LogP contribution in [0.3, 0.4) is 0 Å². The molecular weight excluding hydrogens is 609 g/mol. The number of Topliss-reactive ketones (excluding diaryl/α,β-unsaturated/α-hetero) is 1. The van der Waals surface area contributed by atoms with Crippen LogP contribution in [0.25, 0.3) is 0 Å². The lowest BCUT2D eigenvalue weighted by Gasteiger charge is -2.35. The molecular formula is C23H18FN3O11S3. The maximum absolute atomic E-state index is 13.6. The molecule has 216 valence electrons. The number of rotatable bonds is 8. The first-order valence-electron chi connectivity index (χ1n) is 11.3. The third kappa shape index (κ3) is 5.58. The van der Waals surface area contributed by atoms with Gasteiger partial charge in [-0.2, -0.15) is 4.31 Å². The first-order chi connectivity index (χ1) is 19.1. The highest BCUT2D eigenvalue weighted by molar-refractivity contribution is 7.95. The van der Waals surface area contributed by atoms with Gasteiger partial charge in [0.05, 0.1) is 24.5 Å². The van der Waals surface area contributed by atoms with Gasteiger partial charge in [0.1, 0.15) is 16.3 Å². The summed E-state index contributed by atoms with van der Waals surface area (Å²) in [7, 11) is -14.6. The van der Waals surface area contributed by atoms with Crippen LogP contribution in [0.5, 0.6) is 0 Å². The minimum Gasteiger partial charge on any atom is -0.297 e. The number of non-ortho nitro benzene ring substituents is 2. The van der Waals surface area contributed by atoms with Crippen molar-refractivity contribution in [3.05, 3.63) is 98.8 Å². The summed E-state index contributed by atoms with van der Waals surface area (Å²) in [4.78, 5) is 32.2. The zero-order valence-electron chi connectivity index (χ0n) is 20.4. The van der Waals surface area contributed by atoms with E-state index in [0.29, 0.717) is 16.4 Å². The van der Waals surface area contributed by atoms with Gasteiger partial charge in [-0.05, 0) is 36.4 Å². The summed E-state index contributed by atoms with van der Waals surface area (Å²) in [5.74, 6) is -2.23. The number of sulfonamides is 1.